The SMILES string of the molecule is Cc1cc(Cl)cc2sc(N(CCN3CCOCC3)C(=O)Cn3cncn3)nc12. The molecular formula is C18H21ClN6O2S. The topological polar surface area (TPSA) is 76.4 Å². The third-order valence-electron chi connectivity index (χ3n) is 4.68. The zero-order valence-electron chi connectivity index (χ0n) is 15.5. The molecule has 1 aromatic carbocycles. The number of aryl methyl sites for hydroxylation is 1. The second kappa shape index (κ2) is 8.52. The van der Waals surface area contributed by atoms with Crippen LogP contribution in [0.2, 0.25) is 5.02 Å². The summed E-state index contributed by atoms with van der Waals surface area (Å²) >= 11 is 7.68. The van der Waals surface area contributed by atoms with E-state index >= 15 is 0 Å². The number of hydrogen-bond donors (Lipinski definition) is 0. The van der Waals surface area contributed by atoms with Gasteiger partial charge in [-0.3, -0.25) is 14.6 Å². The van der Waals surface area contributed by atoms with E-state index in [0.29, 0.717) is 16.7 Å². The Morgan fingerprint density at radius 3 is 2.93 bits per heavy atom. The number of halogens is 1. The van der Waals surface area contributed by atoms with Gasteiger partial charge in [-0.25, -0.2) is 14.6 Å². The molecule has 0 radical (unpaired) electrons. The van der Waals surface area contributed by atoms with Crippen LogP contribution in [0.4, 0.5) is 5.13 Å². The minimum atomic E-state index is -0.0680. The Balaban J connectivity index is 1.59. The third kappa shape index (κ3) is 4.33. The minimum absolute atomic E-state index is 0.0680. The standard InChI is InChI=1S/C18H21ClN6O2S/c1-13-8-14(19)9-15-17(13)22-18(28-15)25(3-2-23-4-6-27-7-5-23)16(26)10-24-12-20-11-21-24/h8-9,11-12H,2-7,10H2,1H3. The molecule has 3 heterocycles. The van der Waals surface area contributed by atoms with Gasteiger partial charge in [0.05, 0.1) is 23.4 Å². The summed E-state index contributed by atoms with van der Waals surface area (Å²) in [5, 5.41) is 5.40. The molecule has 3 aromatic rings. The summed E-state index contributed by atoms with van der Waals surface area (Å²) in [5.41, 5.74) is 1.89. The number of aromatic nitrogens is 4. The van der Waals surface area contributed by atoms with E-state index in [-0.39, 0.29) is 12.5 Å². The predicted molar refractivity (Wildman–Crippen MR) is 109 cm³/mol. The van der Waals surface area contributed by atoms with Gasteiger partial charge in [-0.05, 0) is 24.6 Å². The zero-order chi connectivity index (χ0) is 19.5. The van der Waals surface area contributed by atoms with E-state index < -0.39 is 0 Å². The quantitative estimate of drug-likeness (QED) is 0.608. The first-order valence-electron chi connectivity index (χ1n) is 9.10. The fourth-order valence-corrected chi connectivity index (χ4v) is 4.65. The van der Waals surface area contributed by atoms with Crippen molar-refractivity contribution in [3.05, 3.63) is 35.4 Å². The van der Waals surface area contributed by atoms with Crippen molar-refractivity contribution in [2.75, 3.05) is 44.3 Å². The highest BCUT2D eigenvalue weighted by Crippen LogP contribution is 2.33. The number of benzene rings is 1. The van der Waals surface area contributed by atoms with Crippen LogP contribution in [0.25, 0.3) is 10.2 Å². The molecule has 0 aliphatic carbocycles. The molecule has 0 bridgehead atoms. The lowest BCUT2D eigenvalue weighted by Gasteiger charge is -2.29. The molecule has 1 fully saturated rings. The molecule has 0 N–H and O–H groups in total. The van der Waals surface area contributed by atoms with Crippen molar-refractivity contribution >= 4 is 44.2 Å². The summed E-state index contributed by atoms with van der Waals surface area (Å²) in [6.07, 6.45) is 2.97. The maximum Gasteiger partial charge on any atom is 0.250 e. The molecule has 0 spiro atoms. The van der Waals surface area contributed by atoms with E-state index in [1.54, 1.807) is 11.2 Å². The fraction of sp³-hybridized carbons (Fsp3) is 0.444. The Hall–Kier alpha value is -2.07. The smallest absolute Gasteiger partial charge is 0.250 e. The molecule has 1 aliphatic heterocycles. The maximum absolute atomic E-state index is 13.0. The molecule has 1 aliphatic rings. The Morgan fingerprint density at radius 1 is 1.36 bits per heavy atom. The first kappa shape index (κ1) is 19.3. The van der Waals surface area contributed by atoms with Crippen molar-refractivity contribution in [3.63, 3.8) is 0 Å². The summed E-state index contributed by atoms with van der Waals surface area (Å²) in [5.74, 6) is -0.0680. The van der Waals surface area contributed by atoms with Gasteiger partial charge in [0.1, 0.15) is 19.2 Å². The Kier molecular flexibility index (Phi) is 5.86. The number of amides is 1. The van der Waals surface area contributed by atoms with Gasteiger partial charge >= 0.3 is 0 Å². The van der Waals surface area contributed by atoms with E-state index in [0.717, 1.165) is 48.6 Å². The highest BCUT2D eigenvalue weighted by Gasteiger charge is 2.22. The van der Waals surface area contributed by atoms with Crippen LogP contribution >= 0.6 is 22.9 Å². The van der Waals surface area contributed by atoms with Crippen molar-refractivity contribution in [3.8, 4) is 0 Å². The van der Waals surface area contributed by atoms with Crippen LogP contribution in [0.3, 0.4) is 0 Å². The summed E-state index contributed by atoms with van der Waals surface area (Å²) in [6, 6.07) is 3.79. The molecular weight excluding hydrogens is 400 g/mol. The number of fused-ring (bicyclic) bond motifs is 1. The summed E-state index contributed by atoms with van der Waals surface area (Å²) in [7, 11) is 0. The molecule has 0 unspecified atom stereocenters. The third-order valence-corrected chi connectivity index (χ3v) is 5.92. The summed E-state index contributed by atoms with van der Waals surface area (Å²) in [4.78, 5) is 25.8. The number of carbonyl (C=O) groups is 1. The number of hydrogen-bond acceptors (Lipinski definition) is 7. The maximum atomic E-state index is 13.0. The van der Waals surface area contributed by atoms with Crippen LogP contribution in [0.15, 0.2) is 24.8 Å². The number of ether oxygens (including phenoxy) is 1. The molecule has 2 aromatic heterocycles. The van der Waals surface area contributed by atoms with Crippen molar-refractivity contribution in [2.24, 2.45) is 0 Å². The number of anilines is 1. The molecule has 1 amide bonds. The molecule has 4 rings (SSSR count). The van der Waals surface area contributed by atoms with Crippen LogP contribution in [-0.2, 0) is 16.1 Å². The molecule has 8 nitrogen and oxygen atoms in total. The van der Waals surface area contributed by atoms with Crippen molar-refractivity contribution in [1.29, 1.82) is 0 Å². The summed E-state index contributed by atoms with van der Waals surface area (Å²) < 4.78 is 7.91. The normalized spacial score (nSPS) is 15.2. The van der Waals surface area contributed by atoms with E-state index in [4.69, 9.17) is 21.3 Å². The molecule has 0 atom stereocenters. The van der Waals surface area contributed by atoms with Crippen molar-refractivity contribution < 1.29 is 9.53 Å². The van der Waals surface area contributed by atoms with Crippen LogP contribution in [-0.4, -0.2) is 69.9 Å². The van der Waals surface area contributed by atoms with Gasteiger partial charge < -0.3 is 4.74 Å². The molecule has 148 valence electrons. The second-order valence-electron chi connectivity index (χ2n) is 6.66. The van der Waals surface area contributed by atoms with Gasteiger partial charge in [0.2, 0.25) is 0 Å². The number of rotatable bonds is 6. The Labute approximate surface area is 171 Å². The Bertz CT molecular complexity index is 955. The van der Waals surface area contributed by atoms with Crippen LogP contribution < -0.4 is 4.90 Å². The van der Waals surface area contributed by atoms with Crippen LogP contribution in [0.1, 0.15) is 5.56 Å². The van der Waals surface area contributed by atoms with Gasteiger partial charge in [-0.2, -0.15) is 5.10 Å². The average molecular weight is 421 g/mol. The lowest BCUT2D eigenvalue weighted by molar-refractivity contribution is -0.119. The monoisotopic (exact) mass is 420 g/mol. The lowest BCUT2D eigenvalue weighted by Crippen LogP contribution is -2.44. The van der Waals surface area contributed by atoms with Gasteiger partial charge in [-0.15, -0.1) is 0 Å². The van der Waals surface area contributed by atoms with Crippen LogP contribution in [0.5, 0.6) is 0 Å². The fourth-order valence-electron chi connectivity index (χ4n) is 3.19. The Morgan fingerprint density at radius 2 is 2.18 bits per heavy atom. The zero-order valence-corrected chi connectivity index (χ0v) is 17.1. The first-order chi connectivity index (χ1) is 13.6. The number of morpholine rings is 1. The molecule has 0 saturated carbocycles. The van der Waals surface area contributed by atoms with E-state index in [1.807, 2.05) is 19.1 Å². The predicted octanol–water partition coefficient (Wildman–Crippen LogP) is 2.22. The number of carbonyl (C=O) groups excluding carboxylic acids is 1. The van der Waals surface area contributed by atoms with Gasteiger partial charge in [0, 0.05) is 31.2 Å². The van der Waals surface area contributed by atoms with E-state index in [2.05, 4.69) is 15.0 Å². The van der Waals surface area contributed by atoms with Crippen LogP contribution in [0, 0.1) is 6.92 Å². The van der Waals surface area contributed by atoms with E-state index in [9.17, 15) is 4.79 Å². The average Bonchev–Trinajstić information content (AvgIpc) is 3.32. The van der Waals surface area contributed by atoms with Gasteiger partial charge in [0.25, 0.3) is 5.91 Å². The molecule has 28 heavy (non-hydrogen) atoms. The van der Waals surface area contributed by atoms with E-state index in [1.165, 1.54) is 22.3 Å². The van der Waals surface area contributed by atoms with Gasteiger partial charge in [-0.1, -0.05) is 22.9 Å². The second-order valence-corrected chi connectivity index (χ2v) is 8.10. The number of thiazole rings is 1. The highest BCUT2D eigenvalue weighted by molar-refractivity contribution is 7.22. The molecule has 1 saturated heterocycles. The number of nitrogens with zero attached hydrogens (tertiary/aromatic N) is 6. The van der Waals surface area contributed by atoms with Crippen molar-refractivity contribution in [2.45, 2.75) is 13.5 Å². The van der Waals surface area contributed by atoms with Crippen molar-refractivity contribution in [1.82, 2.24) is 24.6 Å². The van der Waals surface area contributed by atoms with Gasteiger partial charge in [0.15, 0.2) is 5.13 Å². The highest BCUT2D eigenvalue weighted by atomic mass is 35.5. The summed E-state index contributed by atoms with van der Waals surface area (Å²) in [6.45, 7) is 6.63. The molecule has 10 heteroatoms. The lowest BCUT2D eigenvalue weighted by atomic mass is 10.2. The largest absolute Gasteiger partial charge is 0.379 e. The first-order valence-corrected chi connectivity index (χ1v) is 10.3. The minimum Gasteiger partial charge on any atom is -0.379 e.